The van der Waals surface area contributed by atoms with Crippen LogP contribution in [0.15, 0.2) is 15.9 Å². The molecule has 16 heavy (non-hydrogen) atoms. The van der Waals surface area contributed by atoms with Crippen molar-refractivity contribution in [1.82, 2.24) is 10.6 Å². The van der Waals surface area contributed by atoms with E-state index in [1.165, 1.54) is 33.8 Å². The van der Waals surface area contributed by atoms with E-state index in [4.69, 9.17) is 0 Å². The minimum Gasteiger partial charge on any atom is -0.312 e. The Morgan fingerprint density at radius 2 is 2.50 bits per heavy atom. The summed E-state index contributed by atoms with van der Waals surface area (Å²) in [6.45, 7) is 3.27. The van der Waals surface area contributed by atoms with Crippen LogP contribution in [0.3, 0.4) is 0 Å². The molecule has 1 fully saturated rings. The third-order valence-corrected chi connectivity index (χ3v) is 5.42. The quantitative estimate of drug-likeness (QED) is 0.816. The van der Waals surface area contributed by atoms with Gasteiger partial charge in [0.1, 0.15) is 0 Å². The Hall–Kier alpha value is 0.450. The number of thioether (sulfide) groups is 1. The van der Waals surface area contributed by atoms with E-state index in [-0.39, 0.29) is 0 Å². The van der Waals surface area contributed by atoms with Gasteiger partial charge in [0.15, 0.2) is 0 Å². The van der Waals surface area contributed by atoms with Crippen molar-refractivity contribution in [2.75, 3.05) is 24.6 Å². The Kier molecular flexibility index (Phi) is 5.65. The van der Waals surface area contributed by atoms with Gasteiger partial charge >= 0.3 is 0 Å². The highest BCUT2D eigenvalue weighted by Gasteiger charge is 2.11. The number of hydrogen-bond acceptors (Lipinski definition) is 4. The van der Waals surface area contributed by atoms with Crippen molar-refractivity contribution in [2.24, 2.45) is 0 Å². The van der Waals surface area contributed by atoms with Crippen molar-refractivity contribution in [3.8, 4) is 0 Å². The first kappa shape index (κ1) is 12.9. The Bertz CT molecular complexity index is 311. The van der Waals surface area contributed by atoms with Crippen LogP contribution < -0.4 is 10.6 Å². The molecule has 0 radical (unpaired) electrons. The number of thiophene rings is 1. The zero-order chi connectivity index (χ0) is 11.2. The first-order valence-corrected chi connectivity index (χ1v) is 8.42. The fourth-order valence-corrected chi connectivity index (χ4v) is 4.16. The molecular formula is C11H17BrN2S2. The molecule has 1 aliphatic rings. The average Bonchev–Trinajstić information content (AvgIpc) is 2.72. The number of hydrogen-bond donors (Lipinski definition) is 2. The largest absolute Gasteiger partial charge is 0.312 e. The maximum absolute atomic E-state index is 3.56. The Morgan fingerprint density at radius 1 is 1.56 bits per heavy atom. The average molecular weight is 321 g/mol. The summed E-state index contributed by atoms with van der Waals surface area (Å²) in [6.07, 6.45) is 1.24. The molecular weight excluding hydrogens is 304 g/mol. The fourth-order valence-electron chi connectivity index (χ4n) is 1.74. The third kappa shape index (κ3) is 4.37. The van der Waals surface area contributed by atoms with Crippen LogP contribution in [0.25, 0.3) is 0 Å². The minimum atomic E-state index is 0.710. The molecule has 1 aliphatic heterocycles. The number of halogens is 1. The van der Waals surface area contributed by atoms with Crippen LogP contribution in [0.5, 0.6) is 0 Å². The highest BCUT2D eigenvalue weighted by atomic mass is 79.9. The van der Waals surface area contributed by atoms with Gasteiger partial charge in [0, 0.05) is 45.4 Å². The van der Waals surface area contributed by atoms with Crippen molar-refractivity contribution < 1.29 is 0 Å². The van der Waals surface area contributed by atoms with Gasteiger partial charge in [0.05, 0.1) is 0 Å². The van der Waals surface area contributed by atoms with E-state index in [0.717, 1.165) is 13.1 Å². The van der Waals surface area contributed by atoms with Gasteiger partial charge in [-0.3, -0.25) is 0 Å². The van der Waals surface area contributed by atoms with Gasteiger partial charge in [-0.05, 0) is 35.0 Å². The smallest absolute Gasteiger partial charge is 0.0300 e. The molecule has 1 aromatic rings. The molecule has 1 saturated heterocycles. The van der Waals surface area contributed by atoms with Gasteiger partial charge in [-0.25, -0.2) is 0 Å². The van der Waals surface area contributed by atoms with Crippen LogP contribution in [0.4, 0.5) is 0 Å². The summed E-state index contributed by atoms with van der Waals surface area (Å²) >= 11 is 7.35. The molecule has 0 saturated carbocycles. The normalized spacial score (nSPS) is 21.2. The van der Waals surface area contributed by atoms with Crippen molar-refractivity contribution in [2.45, 2.75) is 19.0 Å². The summed E-state index contributed by atoms with van der Waals surface area (Å²) in [4.78, 5) is 1.40. The zero-order valence-electron chi connectivity index (χ0n) is 9.17. The van der Waals surface area contributed by atoms with Crippen LogP contribution >= 0.6 is 39.0 Å². The molecule has 2 N–H and O–H groups in total. The highest BCUT2D eigenvalue weighted by Crippen LogP contribution is 2.19. The molecule has 0 bridgehead atoms. The van der Waals surface area contributed by atoms with Gasteiger partial charge < -0.3 is 10.6 Å². The molecule has 1 atom stereocenters. The lowest BCUT2D eigenvalue weighted by molar-refractivity contribution is 0.504. The lowest BCUT2D eigenvalue weighted by atomic mass is 10.2. The van der Waals surface area contributed by atoms with E-state index in [1.807, 2.05) is 0 Å². The molecule has 5 heteroatoms. The fraction of sp³-hybridized carbons (Fsp3) is 0.636. The van der Waals surface area contributed by atoms with Gasteiger partial charge in [0.2, 0.25) is 0 Å². The predicted octanol–water partition coefficient (Wildman–Crippen LogP) is 2.70. The predicted molar refractivity (Wildman–Crippen MR) is 77.5 cm³/mol. The standard InChI is InChI=1S/C11H17BrN2S2/c12-9-5-11(16-7-9)6-13-2-1-10-8-15-4-3-14-10/h5,7,10,13-14H,1-4,6,8H2. The molecule has 1 aromatic heterocycles. The van der Waals surface area contributed by atoms with Gasteiger partial charge in [-0.2, -0.15) is 11.8 Å². The first-order chi connectivity index (χ1) is 7.84. The lowest BCUT2D eigenvalue weighted by Gasteiger charge is -2.23. The summed E-state index contributed by atoms with van der Waals surface area (Å²) in [7, 11) is 0. The molecule has 90 valence electrons. The molecule has 2 nitrogen and oxygen atoms in total. The van der Waals surface area contributed by atoms with Crippen LogP contribution in [0.1, 0.15) is 11.3 Å². The van der Waals surface area contributed by atoms with E-state index in [2.05, 4.69) is 49.8 Å². The van der Waals surface area contributed by atoms with Crippen molar-refractivity contribution >= 4 is 39.0 Å². The van der Waals surface area contributed by atoms with Gasteiger partial charge in [-0.1, -0.05) is 0 Å². The summed E-state index contributed by atoms with van der Waals surface area (Å²) in [5, 5.41) is 9.19. The van der Waals surface area contributed by atoms with Crippen LogP contribution in [-0.2, 0) is 6.54 Å². The second-order valence-corrected chi connectivity index (χ2v) is 6.98. The monoisotopic (exact) mass is 320 g/mol. The molecule has 2 heterocycles. The minimum absolute atomic E-state index is 0.710. The molecule has 0 aromatic carbocycles. The number of nitrogens with one attached hydrogen (secondary N) is 2. The summed E-state index contributed by atoms with van der Waals surface area (Å²) < 4.78 is 1.19. The van der Waals surface area contributed by atoms with Crippen LogP contribution in [0.2, 0.25) is 0 Å². The Labute approximate surface area is 114 Å². The summed E-state index contributed by atoms with van der Waals surface area (Å²) in [5.74, 6) is 2.54. The molecule has 0 aliphatic carbocycles. The lowest BCUT2D eigenvalue weighted by Crippen LogP contribution is -2.39. The van der Waals surface area contributed by atoms with Crippen molar-refractivity contribution in [1.29, 1.82) is 0 Å². The summed E-state index contributed by atoms with van der Waals surface area (Å²) in [5.41, 5.74) is 0. The highest BCUT2D eigenvalue weighted by molar-refractivity contribution is 9.10. The zero-order valence-corrected chi connectivity index (χ0v) is 12.4. The Morgan fingerprint density at radius 3 is 3.19 bits per heavy atom. The van der Waals surface area contributed by atoms with E-state index in [1.54, 1.807) is 11.3 Å². The number of rotatable bonds is 5. The molecule has 0 spiro atoms. The van der Waals surface area contributed by atoms with E-state index in [9.17, 15) is 0 Å². The maximum atomic E-state index is 3.56. The summed E-state index contributed by atoms with van der Waals surface area (Å²) in [6, 6.07) is 2.90. The van der Waals surface area contributed by atoms with E-state index < -0.39 is 0 Å². The molecule has 1 unspecified atom stereocenters. The first-order valence-electron chi connectivity index (χ1n) is 5.59. The molecule has 0 amide bonds. The molecule has 2 rings (SSSR count). The second-order valence-electron chi connectivity index (χ2n) is 3.92. The van der Waals surface area contributed by atoms with Crippen molar-refractivity contribution in [3.05, 3.63) is 20.8 Å². The topological polar surface area (TPSA) is 24.1 Å². The van der Waals surface area contributed by atoms with Crippen LogP contribution in [-0.4, -0.2) is 30.6 Å². The van der Waals surface area contributed by atoms with Gasteiger partial charge in [-0.15, -0.1) is 11.3 Å². The second kappa shape index (κ2) is 7.01. The van der Waals surface area contributed by atoms with E-state index in [0.29, 0.717) is 6.04 Å². The van der Waals surface area contributed by atoms with E-state index >= 15 is 0 Å². The third-order valence-electron chi connectivity index (χ3n) is 2.59. The van der Waals surface area contributed by atoms with Crippen molar-refractivity contribution in [3.63, 3.8) is 0 Å². The Balaban J connectivity index is 1.57. The van der Waals surface area contributed by atoms with Gasteiger partial charge in [0.25, 0.3) is 0 Å². The maximum Gasteiger partial charge on any atom is 0.0300 e. The SMILES string of the molecule is Brc1csc(CNCCC2CSCCN2)c1. The van der Waals surface area contributed by atoms with Crippen LogP contribution in [0, 0.1) is 0 Å².